The minimum atomic E-state index is -0.205. The van der Waals surface area contributed by atoms with E-state index in [2.05, 4.69) is 30.5 Å². The number of amides is 2. The molecule has 1 unspecified atom stereocenters. The first-order valence-electron chi connectivity index (χ1n) is 7.07. The Kier molecular flexibility index (Phi) is 5.37. The van der Waals surface area contributed by atoms with Crippen LogP contribution in [0.5, 0.6) is 0 Å². The summed E-state index contributed by atoms with van der Waals surface area (Å²) in [4.78, 5) is 28.0. The molecule has 2 N–H and O–H groups in total. The van der Waals surface area contributed by atoms with Crippen molar-refractivity contribution < 1.29 is 9.59 Å². The minimum absolute atomic E-state index is 0.0116. The molecule has 0 aliphatic heterocycles. The Bertz CT molecular complexity index is 688. The van der Waals surface area contributed by atoms with Crippen molar-refractivity contribution in [3.8, 4) is 0 Å². The summed E-state index contributed by atoms with van der Waals surface area (Å²) in [7, 11) is 0. The van der Waals surface area contributed by atoms with Crippen LogP contribution in [0.3, 0.4) is 0 Å². The number of rotatable bonds is 5. The molecule has 2 rings (SSSR count). The predicted octanol–water partition coefficient (Wildman–Crippen LogP) is 3.34. The Morgan fingerprint density at radius 1 is 1.14 bits per heavy atom. The molecule has 0 radical (unpaired) electrons. The van der Waals surface area contributed by atoms with Gasteiger partial charge in [-0.15, -0.1) is 22.7 Å². The van der Waals surface area contributed by atoms with Crippen LogP contribution in [0.25, 0.3) is 0 Å². The van der Waals surface area contributed by atoms with Gasteiger partial charge in [-0.1, -0.05) is 0 Å². The molecule has 1 atom stereocenters. The van der Waals surface area contributed by atoms with Crippen LogP contribution < -0.4 is 10.6 Å². The first-order valence-corrected chi connectivity index (χ1v) is 8.71. The standard InChI is InChI=1S/C16H20N2O2S2/c1-9-5-6-14(22-9)16(20)17-8-15(19)18-11(3)13-7-10(2)21-12(13)4/h5-7,11H,8H2,1-4H3,(H,17,20)(H,18,19). The van der Waals surface area contributed by atoms with E-state index in [0.717, 1.165) is 10.4 Å². The normalized spacial score (nSPS) is 12.0. The number of hydrogen-bond acceptors (Lipinski definition) is 4. The molecular weight excluding hydrogens is 316 g/mol. The van der Waals surface area contributed by atoms with Crippen molar-refractivity contribution in [3.05, 3.63) is 43.3 Å². The maximum Gasteiger partial charge on any atom is 0.261 e. The van der Waals surface area contributed by atoms with Crippen molar-refractivity contribution in [1.29, 1.82) is 0 Å². The molecule has 0 saturated heterocycles. The van der Waals surface area contributed by atoms with E-state index in [1.54, 1.807) is 17.4 Å². The third-order valence-electron chi connectivity index (χ3n) is 3.30. The van der Waals surface area contributed by atoms with E-state index in [-0.39, 0.29) is 24.4 Å². The molecule has 22 heavy (non-hydrogen) atoms. The van der Waals surface area contributed by atoms with Gasteiger partial charge in [0.1, 0.15) is 0 Å². The lowest BCUT2D eigenvalue weighted by molar-refractivity contribution is -0.120. The van der Waals surface area contributed by atoms with Crippen molar-refractivity contribution in [2.75, 3.05) is 6.54 Å². The van der Waals surface area contributed by atoms with Gasteiger partial charge in [-0.2, -0.15) is 0 Å². The summed E-state index contributed by atoms with van der Waals surface area (Å²) in [6.45, 7) is 8.00. The van der Waals surface area contributed by atoms with Gasteiger partial charge in [0.2, 0.25) is 5.91 Å². The predicted molar refractivity (Wildman–Crippen MR) is 91.7 cm³/mol. The summed E-state index contributed by atoms with van der Waals surface area (Å²) >= 11 is 3.14. The average Bonchev–Trinajstić information content (AvgIpc) is 3.01. The van der Waals surface area contributed by atoms with Crippen LogP contribution in [0.1, 0.15) is 42.8 Å². The smallest absolute Gasteiger partial charge is 0.261 e. The first kappa shape index (κ1) is 16.7. The van der Waals surface area contributed by atoms with Crippen LogP contribution in [0.4, 0.5) is 0 Å². The highest BCUT2D eigenvalue weighted by atomic mass is 32.1. The van der Waals surface area contributed by atoms with Crippen LogP contribution in [-0.2, 0) is 4.79 Å². The zero-order chi connectivity index (χ0) is 16.3. The number of aryl methyl sites for hydroxylation is 3. The van der Waals surface area contributed by atoms with Gasteiger partial charge in [0.05, 0.1) is 17.5 Å². The maximum absolute atomic E-state index is 12.0. The Morgan fingerprint density at radius 3 is 2.41 bits per heavy atom. The third kappa shape index (κ3) is 4.18. The molecule has 0 aliphatic rings. The van der Waals surface area contributed by atoms with Gasteiger partial charge in [-0.3, -0.25) is 9.59 Å². The van der Waals surface area contributed by atoms with Crippen molar-refractivity contribution in [3.63, 3.8) is 0 Å². The summed E-state index contributed by atoms with van der Waals surface area (Å²) in [6, 6.07) is 5.70. The first-order chi connectivity index (χ1) is 10.4. The van der Waals surface area contributed by atoms with E-state index in [4.69, 9.17) is 0 Å². The number of carbonyl (C=O) groups excluding carboxylic acids is 2. The van der Waals surface area contributed by atoms with Crippen molar-refractivity contribution >= 4 is 34.5 Å². The lowest BCUT2D eigenvalue weighted by atomic mass is 10.1. The van der Waals surface area contributed by atoms with Crippen molar-refractivity contribution in [1.82, 2.24) is 10.6 Å². The molecule has 6 heteroatoms. The molecule has 2 aromatic heterocycles. The van der Waals surface area contributed by atoms with E-state index in [9.17, 15) is 9.59 Å². The summed E-state index contributed by atoms with van der Waals surface area (Å²) in [5.74, 6) is -0.388. The Balaban J connectivity index is 1.85. The van der Waals surface area contributed by atoms with E-state index in [1.165, 1.54) is 21.1 Å². The quantitative estimate of drug-likeness (QED) is 0.880. The second-order valence-electron chi connectivity index (χ2n) is 5.25. The van der Waals surface area contributed by atoms with Crippen molar-refractivity contribution in [2.45, 2.75) is 33.7 Å². The molecule has 0 spiro atoms. The van der Waals surface area contributed by atoms with E-state index < -0.39 is 0 Å². The number of carbonyl (C=O) groups is 2. The van der Waals surface area contributed by atoms with E-state index >= 15 is 0 Å². The number of nitrogens with one attached hydrogen (secondary N) is 2. The molecule has 0 saturated carbocycles. The molecule has 2 aromatic rings. The van der Waals surface area contributed by atoms with Gasteiger partial charge in [0.15, 0.2) is 0 Å². The molecule has 2 amide bonds. The van der Waals surface area contributed by atoms with Crippen LogP contribution in [0.15, 0.2) is 18.2 Å². The monoisotopic (exact) mass is 336 g/mol. The number of hydrogen-bond donors (Lipinski definition) is 2. The highest BCUT2D eigenvalue weighted by molar-refractivity contribution is 7.14. The molecule has 2 heterocycles. The van der Waals surface area contributed by atoms with Crippen molar-refractivity contribution in [2.24, 2.45) is 0 Å². The summed E-state index contributed by atoms with van der Waals surface area (Å²) < 4.78 is 0. The van der Waals surface area contributed by atoms with Crippen LogP contribution in [0.2, 0.25) is 0 Å². The molecule has 0 aliphatic carbocycles. The second-order valence-corrected chi connectivity index (χ2v) is 8.00. The van der Waals surface area contributed by atoms with Crippen LogP contribution in [-0.4, -0.2) is 18.4 Å². The van der Waals surface area contributed by atoms with Gasteiger partial charge in [-0.05, 0) is 51.5 Å². The lowest BCUT2D eigenvalue weighted by Crippen LogP contribution is -2.37. The molecule has 118 valence electrons. The average molecular weight is 336 g/mol. The fourth-order valence-corrected chi connectivity index (χ4v) is 4.06. The minimum Gasteiger partial charge on any atom is -0.348 e. The van der Waals surface area contributed by atoms with E-state index in [1.807, 2.05) is 19.9 Å². The lowest BCUT2D eigenvalue weighted by Gasteiger charge is -2.14. The maximum atomic E-state index is 12.0. The molecule has 0 aromatic carbocycles. The van der Waals surface area contributed by atoms with Gasteiger partial charge in [0, 0.05) is 14.6 Å². The third-order valence-corrected chi connectivity index (χ3v) is 5.28. The summed E-state index contributed by atoms with van der Waals surface area (Å²) in [5, 5.41) is 5.57. The Hall–Kier alpha value is -1.66. The fourth-order valence-electron chi connectivity index (χ4n) is 2.25. The largest absolute Gasteiger partial charge is 0.348 e. The molecule has 0 bridgehead atoms. The Labute approximate surface area is 138 Å². The van der Waals surface area contributed by atoms with Gasteiger partial charge >= 0.3 is 0 Å². The fraction of sp³-hybridized carbons (Fsp3) is 0.375. The van der Waals surface area contributed by atoms with Gasteiger partial charge in [0.25, 0.3) is 5.91 Å². The molecule has 4 nitrogen and oxygen atoms in total. The molecular formula is C16H20N2O2S2. The second kappa shape index (κ2) is 7.07. The highest BCUT2D eigenvalue weighted by Crippen LogP contribution is 2.25. The van der Waals surface area contributed by atoms with Gasteiger partial charge in [-0.25, -0.2) is 0 Å². The molecule has 0 fully saturated rings. The van der Waals surface area contributed by atoms with E-state index in [0.29, 0.717) is 4.88 Å². The van der Waals surface area contributed by atoms with Gasteiger partial charge < -0.3 is 10.6 Å². The summed E-state index contributed by atoms with van der Waals surface area (Å²) in [6.07, 6.45) is 0. The number of thiophene rings is 2. The van der Waals surface area contributed by atoms with Crippen LogP contribution in [0, 0.1) is 20.8 Å². The SMILES string of the molecule is Cc1ccc(C(=O)NCC(=O)NC(C)c2cc(C)sc2C)s1. The highest BCUT2D eigenvalue weighted by Gasteiger charge is 2.15. The van der Waals surface area contributed by atoms with Crippen LogP contribution >= 0.6 is 22.7 Å². The Morgan fingerprint density at radius 2 is 1.86 bits per heavy atom. The summed E-state index contributed by atoms with van der Waals surface area (Å²) in [5.41, 5.74) is 1.14. The zero-order valence-corrected chi connectivity index (χ0v) is 14.8. The topological polar surface area (TPSA) is 58.2 Å². The zero-order valence-electron chi connectivity index (χ0n) is 13.1.